The largest absolute Gasteiger partial charge is 0.357 e. The Hall–Kier alpha value is -1.56. The zero-order valence-corrected chi connectivity index (χ0v) is 16.6. The molecule has 1 aliphatic heterocycles. The molecule has 138 valence electrons. The van der Waals surface area contributed by atoms with Crippen molar-refractivity contribution in [3.8, 4) is 0 Å². The summed E-state index contributed by atoms with van der Waals surface area (Å²) < 4.78 is 1.07. The summed E-state index contributed by atoms with van der Waals surface area (Å²) in [6.07, 6.45) is 5.00. The van der Waals surface area contributed by atoms with Crippen LogP contribution in [0.2, 0.25) is 0 Å². The number of halogens is 1. The fourth-order valence-electron chi connectivity index (χ4n) is 2.90. The quantitative estimate of drug-likeness (QED) is 0.413. The average molecular weight is 409 g/mol. The van der Waals surface area contributed by atoms with E-state index in [4.69, 9.17) is 0 Å². The number of guanidine groups is 1. The van der Waals surface area contributed by atoms with Gasteiger partial charge in [-0.2, -0.15) is 0 Å². The molecule has 1 heterocycles. The lowest BCUT2D eigenvalue weighted by Crippen LogP contribution is -2.39. The first kappa shape index (κ1) is 19.8. The van der Waals surface area contributed by atoms with Gasteiger partial charge in [-0.3, -0.25) is 4.79 Å². The van der Waals surface area contributed by atoms with Crippen LogP contribution in [-0.2, 0) is 11.3 Å². The standard InChI is InChI=1S/C19H29BrN4O/c1-2-21-19(23-15-16-8-6-9-17(20)14-16)22-11-7-13-24-12-5-3-4-10-18(24)25/h6,8-9,14H,2-5,7,10-13,15H2,1H3,(H2,21,22,23). The Morgan fingerprint density at radius 1 is 1.28 bits per heavy atom. The Morgan fingerprint density at radius 2 is 2.16 bits per heavy atom. The number of nitrogens with one attached hydrogen (secondary N) is 2. The molecule has 1 aliphatic rings. The molecule has 2 rings (SSSR count). The lowest BCUT2D eigenvalue weighted by Gasteiger charge is -2.20. The van der Waals surface area contributed by atoms with Crippen LogP contribution in [0.3, 0.4) is 0 Å². The molecule has 0 aliphatic carbocycles. The van der Waals surface area contributed by atoms with Gasteiger partial charge in [0.2, 0.25) is 5.91 Å². The Kier molecular flexibility index (Phi) is 8.80. The van der Waals surface area contributed by atoms with Gasteiger partial charge in [0.15, 0.2) is 5.96 Å². The maximum atomic E-state index is 12.0. The summed E-state index contributed by atoms with van der Waals surface area (Å²) in [5, 5.41) is 6.64. The molecular formula is C19H29BrN4O. The first-order chi connectivity index (χ1) is 12.2. The second-order valence-corrected chi connectivity index (χ2v) is 7.21. The van der Waals surface area contributed by atoms with Crippen molar-refractivity contribution < 1.29 is 4.79 Å². The molecule has 0 aromatic heterocycles. The van der Waals surface area contributed by atoms with Gasteiger partial charge in [0.25, 0.3) is 0 Å². The van der Waals surface area contributed by atoms with Crippen molar-refractivity contribution in [1.82, 2.24) is 15.5 Å². The van der Waals surface area contributed by atoms with Crippen molar-refractivity contribution in [3.63, 3.8) is 0 Å². The van der Waals surface area contributed by atoms with Crippen LogP contribution < -0.4 is 10.6 Å². The van der Waals surface area contributed by atoms with Gasteiger partial charge in [-0.15, -0.1) is 0 Å². The van der Waals surface area contributed by atoms with Gasteiger partial charge in [-0.1, -0.05) is 34.5 Å². The molecule has 5 nitrogen and oxygen atoms in total. The highest BCUT2D eigenvalue weighted by Crippen LogP contribution is 2.12. The monoisotopic (exact) mass is 408 g/mol. The molecule has 0 saturated carbocycles. The Bertz CT molecular complexity index is 576. The third kappa shape index (κ3) is 7.46. The van der Waals surface area contributed by atoms with Crippen LogP contribution in [0, 0.1) is 0 Å². The van der Waals surface area contributed by atoms with Crippen molar-refractivity contribution in [2.45, 2.75) is 45.6 Å². The zero-order valence-electron chi connectivity index (χ0n) is 15.1. The molecule has 1 aromatic rings. The predicted molar refractivity (Wildman–Crippen MR) is 107 cm³/mol. The molecule has 0 bridgehead atoms. The molecular weight excluding hydrogens is 380 g/mol. The van der Waals surface area contributed by atoms with Crippen LogP contribution in [0.25, 0.3) is 0 Å². The van der Waals surface area contributed by atoms with Gasteiger partial charge in [-0.05, 0) is 43.9 Å². The third-order valence-electron chi connectivity index (χ3n) is 4.22. The number of aliphatic imine (C=N–C) groups is 1. The number of rotatable bonds is 7. The van der Waals surface area contributed by atoms with Crippen LogP contribution in [0.5, 0.6) is 0 Å². The minimum atomic E-state index is 0.313. The van der Waals surface area contributed by atoms with E-state index in [-0.39, 0.29) is 0 Å². The molecule has 2 N–H and O–H groups in total. The zero-order chi connectivity index (χ0) is 17.9. The minimum Gasteiger partial charge on any atom is -0.357 e. The highest BCUT2D eigenvalue weighted by molar-refractivity contribution is 9.10. The van der Waals surface area contributed by atoms with Gasteiger partial charge < -0.3 is 15.5 Å². The lowest BCUT2D eigenvalue weighted by molar-refractivity contribution is -0.130. The van der Waals surface area contributed by atoms with Crippen molar-refractivity contribution in [3.05, 3.63) is 34.3 Å². The fourth-order valence-corrected chi connectivity index (χ4v) is 3.35. The van der Waals surface area contributed by atoms with E-state index in [1.54, 1.807) is 0 Å². The van der Waals surface area contributed by atoms with E-state index in [0.717, 1.165) is 55.9 Å². The van der Waals surface area contributed by atoms with Gasteiger partial charge in [0.1, 0.15) is 0 Å². The number of carbonyl (C=O) groups excluding carboxylic acids is 1. The number of hydrogen-bond acceptors (Lipinski definition) is 2. The van der Waals surface area contributed by atoms with E-state index in [2.05, 4.69) is 50.6 Å². The average Bonchev–Trinajstić information content (AvgIpc) is 2.81. The van der Waals surface area contributed by atoms with Crippen molar-refractivity contribution in [2.75, 3.05) is 26.2 Å². The normalized spacial score (nSPS) is 15.8. The molecule has 25 heavy (non-hydrogen) atoms. The Balaban J connectivity index is 1.76. The third-order valence-corrected chi connectivity index (χ3v) is 4.71. The molecule has 0 radical (unpaired) electrons. The first-order valence-electron chi connectivity index (χ1n) is 9.23. The van der Waals surface area contributed by atoms with E-state index in [1.165, 1.54) is 12.0 Å². The van der Waals surface area contributed by atoms with E-state index in [1.807, 2.05) is 17.0 Å². The molecule has 0 unspecified atom stereocenters. The van der Waals surface area contributed by atoms with Gasteiger partial charge in [0, 0.05) is 37.1 Å². The Morgan fingerprint density at radius 3 is 2.96 bits per heavy atom. The molecule has 0 spiro atoms. The molecule has 1 amide bonds. The number of amides is 1. The summed E-state index contributed by atoms with van der Waals surface area (Å²) in [5.74, 6) is 1.14. The fraction of sp³-hybridized carbons (Fsp3) is 0.579. The van der Waals surface area contributed by atoms with E-state index in [9.17, 15) is 4.79 Å². The van der Waals surface area contributed by atoms with Crippen molar-refractivity contribution in [2.24, 2.45) is 4.99 Å². The summed E-state index contributed by atoms with van der Waals surface area (Å²) in [6.45, 7) is 6.08. The topological polar surface area (TPSA) is 56.7 Å². The van der Waals surface area contributed by atoms with E-state index >= 15 is 0 Å². The summed E-state index contributed by atoms with van der Waals surface area (Å²) in [7, 11) is 0. The Labute approximate surface area is 159 Å². The maximum Gasteiger partial charge on any atom is 0.222 e. The number of nitrogens with zero attached hydrogens (tertiary/aromatic N) is 2. The SMILES string of the molecule is CCNC(=NCc1cccc(Br)c1)NCCCN1CCCCCC1=O. The van der Waals surface area contributed by atoms with E-state index in [0.29, 0.717) is 18.9 Å². The second-order valence-electron chi connectivity index (χ2n) is 6.30. The van der Waals surface area contributed by atoms with Gasteiger partial charge >= 0.3 is 0 Å². The smallest absolute Gasteiger partial charge is 0.222 e. The summed E-state index contributed by atoms with van der Waals surface area (Å²) >= 11 is 3.49. The van der Waals surface area contributed by atoms with Crippen molar-refractivity contribution >= 4 is 27.8 Å². The van der Waals surface area contributed by atoms with Gasteiger partial charge in [0.05, 0.1) is 6.54 Å². The van der Waals surface area contributed by atoms with Crippen LogP contribution in [0.15, 0.2) is 33.7 Å². The number of carbonyl (C=O) groups is 1. The second kappa shape index (κ2) is 11.1. The number of likely N-dealkylation sites (tertiary alicyclic amines) is 1. The summed E-state index contributed by atoms with van der Waals surface area (Å²) in [6, 6.07) is 8.19. The first-order valence-corrected chi connectivity index (χ1v) is 10.0. The molecule has 1 saturated heterocycles. The van der Waals surface area contributed by atoms with Crippen LogP contribution >= 0.6 is 15.9 Å². The lowest BCUT2D eigenvalue weighted by atomic mass is 10.2. The molecule has 6 heteroatoms. The van der Waals surface area contributed by atoms with Gasteiger partial charge in [-0.25, -0.2) is 4.99 Å². The number of hydrogen-bond donors (Lipinski definition) is 2. The summed E-state index contributed by atoms with van der Waals surface area (Å²) in [5.41, 5.74) is 1.17. The van der Waals surface area contributed by atoms with Crippen LogP contribution in [-0.4, -0.2) is 42.9 Å². The molecule has 1 aromatic carbocycles. The number of benzene rings is 1. The van der Waals surface area contributed by atoms with Crippen molar-refractivity contribution in [1.29, 1.82) is 0 Å². The highest BCUT2D eigenvalue weighted by atomic mass is 79.9. The highest BCUT2D eigenvalue weighted by Gasteiger charge is 2.15. The van der Waals surface area contributed by atoms with E-state index < -0.39 is 0 Å². The predicted octanol–water partition coefficient (Wildman–Crippen LogP) is 3.30. The maximum absolute atomic E-state index is 12.0. The van der Waals surface area contributed by atoms with Crippen LogP contribution in [0.4, 0.5) is 0 Å². The molecule has 1 fully saturated rings. The molecule has 0 atom stereocenters. The summed E-state index contributed by atoms with van der Waals surface area (Å²) in [4.78, 5) is 18.6. The van der Waals surface area contributed by atoms with Crippen LogP contribution in [0.1, 0.15) is 44.6 Å². The minimum absolute atomic E-state index is 0.313.